The molecule has 0 atom stereocenters. The van der Waals surface area contributed by atoms with Crippen molar-refractivity contribution in [3.8, 4) is 0 Å². The second kappa shape index (κ2) is 5.14. The standard InChI is InChI=1S/C9H18N4S/c1-4-5-6-7-12(2)8-10-11-9(14)13(8)3/h4-7H2,1-3H3,(H,11,14). The van der Waals surface area contributed by atoms with Crippen molar-refractivity contribution in [3.63, 3.8) is 0 Å². The van der Waals surface area contributed by atoms with Crippen LogP contribution in [-0.2, 0) is 7.05 Å². The SMILES string of the molecule is CCCCCN(C)c1n[nH]c(=S)n1C. The third-order valence-corrected chi connectivity index (χ3v) is 2.66. The normalized spacial score (nSPS) is 10.5. The number of rotatable bonds is 5. The van der Waals surface area contributed by atoms with Gasteiger partial charge in [0.15, 0.2) is 4.77 Å². The lowest BCUT2D eigenvalue weighted by atomic mass is 10.2. The van der Waals surface area contributed by atoms with Crippen molar-refractivity contribution < 1.29 is 0 Å². The van der Waals surface area contributed by atoms with Crippen LogP contribution in [0.15, 0.2) is 0 Å². The van der Waals surface area contributed by atoms with E-state index in [4.69, 9.17) is 12.2 Å². The Hall–Kier alpha value is -0.840. The number of anilines is 1. The van der Waals surface area contributed by atoms with Gasteiger partial charge in [0.05, 0.1) is 0 Å². The Morgan fingerprint density at radius 3 is 2.71 bits per heavy atom. The number of nitrogens with one attached hydrogen (secondary N) is 1. The maximum Gasteiger partial charge on any atom is 0.225 e. The lowest BCUT2D eigenvalue weighted by Crippen LogP contribution is -2.21. The molecule has 0 unspecified atom stereocenters. The predicted octanol–water partition coefficient (Wildman–Crippen LogP) is 2.10. The van der Waals surface area contributed by atoms with Gasteiger partial charge in [-0.05, 0) is 18.6 Å². The van der Waals surface area contributed by atoms with Crippen LogP contribution in [0.2, 0.25) is 0 Å². The summed E-state index contributed by atoms with van der Waals surface area (Å²) in [5.74, 6) is 0.908. The van der Waals surface area contributed by atoms with Crippen LogP contribution in [0, 0.1) is 4.77 Å². The molecule has 1 N–H and O–H groups in total. The number of nitrogens with zero attached hydrogens (tertiary/aromatic N) is 3. The molecular formula is C9H18N4S. The van der Waals surface area contributed by atoms with Gasteiger partial charge in [-0.25, -0.2) is 5.10 Å². The largest absolute Gasteiger partial charge is 0.344 e. The third kappa shape index (κ3) is 2.57. The summed E-state index contributed by atoms with van der Waals surface area (Å²) in [4.78, 5) is 2.13. The Balaban J connectivity index is 2.56. The molecule has 1 aromatic rings. The van der Waals surface area contributed by atoms with E-state index in [1.807, 2.05) is 18.7 Å². The van der Waals surface area contributed by atoms with Crippen LogP contribution in [0.25, 0.3) is 0 Å². The highest BCUT2D eigenvalue weighted by atomic mass is 32.1. The number of hydrogen-bond donors (Lipinski definition) is 1. The monoisotopic (exact) mass is 214 g/mol. The molecule has 5 heteroatoms. The van der Waals surface area contributed by atoms with Gasteiger partial charge < -0.3 is 4.90 Å². The van der Waals surface area contributed by atoms with Crippen molar-refractivity contribution in [1.82, 2.24) is 14.8 Å². The summed E-state index contributed by atoms with van der Waals surface area (Å²) in [5, 5.41) is 6.95. The van der Waals surface area contributed by atoms with Gasteiger partial charge in [-0.15, -0.1) is 5.10 Å². The molecule has 1 heterocycles. The first-order chi connectivity index (χ1) is 6.66. The highest BCUT2D eigenvalue weighted by molar-refractivity contribution is 7.71. The fraction of sp³-hybridized carbons (Fsp3) is 0.778. The number of unbranched alkanes of at least 4 members (excludes halogenated alkanes) is 2. The molecule has 0 aromatic carbocycles. The summed E-state index contributed by atoms with van der Waals surface area (Å²) in [6.45, 7) is 3.23. The fourth-order valence-corrected chi connectivity index (χ4v) is 1.51. The van der Waals surface area contributed by atoms with Crippen LogP contribution in [-0.4, -0.2) is 28.4 Å². The molecule has 0 aliphatic heterocycles. The highest BCUT2D eigenvalue weighted by Crippen LogP contribution is 2.08. The zero-order chi connectivity index (χ0) is 10.6. The Morgan fingerprint density at radius 2 is 2.21 bits per heavy atom. The van der Waals surface area contributed by atoms with E-state index in [9.17, 15) is 0 Å². The molecule has 4 nitrogen and oxygen atoms in total. The van der Waals surface area contributed by atoms with Crippen LogP contribution in [0.1, 0.15) is 26.2 Å². The Morgan fingerprint density at radius 1 is 1.50 bits per heavy atom. The molecule has 0 saturated heterocycles. The molecule has 1 rings (SSSR count). The minimum atomic E-state index is 0.669. The number of aromatic amines is 1. The molecular weight excluding hydrogens is 196 g/mol. The molecule has 1 aromatic heterocycles. The van der Waals surface area contributed by atoms with Gasteiger partial charge in [0.2, 0.25) is 5.95 Å². The summed E-state index contributed by atoms with van der Waals surface area (Å²) < 4.78 is 2.56. The van der Waals surface area contributed by atoms with Crippen LogP contribution in [0.5, 0.6) is 0 Å². The average Bonchev–Trinajstić information content (AvgIpc) is 2.48. The van der Waals surface area contributed by atoms with E-state index in [1.54, 1.807) is 0 Å². The zero-order valence-corrected chi connectivity index (χ0v) is 9.89. The Kier molecular flexibility index (Phi) is 4.13. The minimum Gasteiger partial charge on any atom is -0.344 e. The summed E-state index contributed by atoms with van der Waals surface area (Å²) in [6.07, 6.45) is 3.71. The molecule has 0 saturated carbocycles. The van der Waals surface area contributed by atoms with Crippen molar-refractivity contribution in [1.29, 1.82) is 0 Å². The molecule has 14 heavy (non-hydrogen) atoms. The molecule has 0 amide bonds. The zero-order valence-electron chi connectivity index (χ0n) is 9.08. The molecule has 0 spiro atoms. The lowest BCUT2D eigenvalue weighted by Gasteiger charge is -2.16. The molecule has 0 aliphatic carbocycles. The first-order valence-corrected chi connectivity index (χ1v) is 5.40. The molecule has 0 aliphatic rings. The molecule has 0 radical (unpaired) electrons. The van der Waals surface area contributed by atoms with Gasteiger partial charge >= 0.3 is 0 Å². The topological polar surface area (TPSA) is 36.9 Å². The second-order valence-electron chi connectivity index (χ2n) is 3.52. The summed E-state index contributed by atoms with van der Waals surface area (Å²) >= 11 is 5.05. The smallest absolute Gasteiger partial charge is 0.225 e. The van der Waals surface area contributed by atoms with Gasteiger partial charge in [-0.3, -0.25) is 4.57 Å². The van der Waals surface area contributed by atoms with Crippen LogP contribution >= 0.6 is 12.2 Å². The minimum absolute atomic E-state index is 0.669. The van der Waals surface area contributed by atoms with Crippen LogP contribution in [0.4, 0.5) is 5.95 Å². The molecule has 80 valence electrons. The summed E-state index contributed by atoms with van der Waals surface area (Å²) in [6, 6.07) is 0. The Labute approximate surface area is 89.9 Å². The highest BCUT2D eigenvalue weighted by Gasteiger charge is 2.06. The van der Waals surface area contributed by atoms with E-state index >= 15 is 0 Å². The van der Waals surface area contributed by atoms with E-state index in [2.05, 4.69) is 22.0 Å². The second-order valence-corrected chi connectivity index (χ2v) is 3.90. The van der Waals surface area contributed by atoms with E-state index in [-0.39, 0.29) is 0 Å². The maximum atomic E-state index is 5.05. The molecule has 0 fully saturated rings. The van der Waals surface area contributed by atoms with Crippen molar-refractivity contribution in [2.75, 3.05) is 18.5 Å². The van der Waals surface area contributed by atoms with Crippen molar-refractivity contribution in [2.24, 2.45) is 7.05 Å². The first kappa shape index (κ1) is 11.2. The van der Waals surface area contributed by atoms with Crippen LogP contribution < -0.4 is 4.90 Å². The van der Waals surface area contributed by atoms with Crippen LogP contribution in [0.3, 0.4) is 0 Å². The van der Waals surface area contributed by atoms with E-state index in [1.165, 1.54) is 19.3 Å². The third-order valence-electron chi connectivity index (χ3n) is 2.29. The van der Waals surface area contributed by atoms with Gasteiger partial charge in [0.1, 0.15) is 0 Å². The first-order valence-electron chi connectivity index (χ1n) is 4.99. The number of H-pyrrole nitrogens is 1. The predicted molar refractivity (Wildman–Crippen MR) is 61.2 cm³/mol. The van der Waals surface area contributed by atoms with Gasteiger partial charge in [0, 0.05) is 20.6 Å². The van der Waals surface area contributed by atoms with E-state index < -0.39 is 0 Å². The number of hydrogen-bond acceptors (Lipinski definition) is 3. The van der Waals surface area contributed by atoms with Gasteiger partial charge in [-0.1, -0.05) is 19.8 Å². The Bertz CT molecular complexity index is 328. The summed E-state index contributed by atoms with van der Waals surface area (Å²) in [5.41, 5.74) is 0. The maximum absolute atomic E-state index is 5.05. The van der Waals surface area contributed by atoms with E-state index in [0.717, 1.165) is 12.5 Å². The summed E-state index contributed by atoms with van der Waals surface area (Å²) in [7, 11) is 3.97. The van der Waals surface area contributed by atoms with Crippen molar-refractivity contribution in [2.45, 2.75) is 26.2 Å². The van der Waals surface area contributed by atoms with Gasteiger partial charge in [0.25, 0.3) is 0 Å². The molecule has 0 bridgehead atoms. The average molecular weight is 214 g/mol. The van der Waals surface area contributed by atoms with Crippen molar-refractivity contribution in [3.05, 3.63) is 4.77 Å². The van der Waals surface area contributed by atoms with Crippen molar-refractivity contribution >= 4 is 18.2 Å². The number of aromatic nitrogens is 3. The quantitative estimate of drug-likeness (QED) is 0.602. The fourth-order valence-electron chi connectivity index (χ4n) is 1.38. The lowest BCUT2D eigenvalue weighted by molar-refractivity contribution is 0.686. The van der Waals surface area contributed by atoms with Gasteiger partial charge in [-0.2, -0.15) is 0 Å². The van der Waals surface area contributed by atoms with E-state index in [0.29, 0.717) is 4.77 Å².